The van der Waals surface area contributed by atoms with Gasteiger partial charge < -0.3 is 14.3 Å². The van der Waals surface area contributed by atoms with Crippen LogP contribution in [-0.4, -0.2) is 29.8 Å². The van der Waals surface area contributed by atoms with Crippen LogP contribution in [0.4, 0.5) is 0 Å². The molecule has 0 bridgehead atoms. The first-order chi connectivity index (χ1) is 14.3. The molecular formula is C21H16Br2N2O5. The SMILES string of the molecule is Cc1cc(C(=O)O)ccc1-c1ccc(/C=N/NC(=O)COc2ccc(Br)cc2Br)o1. The summed E-state index contributed by atoms with van der Waals surface area (Å²) in [4.78, 5) is 22.9. The predicted octanol–water partition coefficient (Wildman–Crippen LogP) is 5.01. The summed E-state index contributed by atoms with van der Waals surface area (Å²) < 4.78 is 12.8. The zero-order valence-corrected chi connectivity index (χ0v) is 18.9. The lowest BCUT2D eigenvalue weighted by Crippen LogP contribution is -2.24. The number of aryl methyl sites for hydroxylation is 1. The van der Waals surface area contributed by atoms with Crippen molar-refractivity contribution >= 4 is 50.0 Å². The highest BCUT2D eigenvalue weighted by molar-refractivity contribution is 9.11. The summed E-state index contributed by atoms with van der Waals surface area (Å²) in [5, 5.41) is 12.9. The number of rotatable bonds is 7. The van der Waals surface area contributed by atoms with Crippen molar-refractivity contribution in [3.05, 3.63) is 74.4 Å². The Kier molecular flexibility index (Phi) is 7.07. The zero-order valence-electron chi connectivity index (χ0n) is 15.7. The van der Waals surface area contributed by atoms with Gasteiger partial charge in [-0.1, -0.05) is 22.0 Å². The second-order valence-electron chi connectivity index (χ2n) is 6.19. The van der Waals surface area contributed by atoms with Crippen molar-refractivity contribution in [3.8, 4) is 17.1 Å². The smallest absolute Gasteiger partial charge is 0.335 e. The number of carboxylic acid groups (broad SMARTS) is 1. The van der Waals surface area contributed by atoms with Crippen LogP contribution < -0.4 is 10.2 Å². The molecule has 1 aromatic heterocycles. The molecule has 0 saturated carbocycles. The Morgan fingerprint density at radius 2 is 1.97 bits per heavy atom. The highest BCUT2D eigenvalue weighted by Gasteiger charge is 2.10. The van der Waals surface area contributed by atoms with E-state index in [4.69, 9.17) is 14.3 Å². The normalized spacial score (nSPS) is 10.9. The van der Waals surface area contributed by atoms with Crippen LogP contribution in [0.1, 0.15) is 21.7 Å². The van der Waals surface area contributed by atoms with E-state index in [0.717, 1.165) is 20.1 Å². The molecule has 1 heterocycles. The van der Waals surface area contributed by atoms with Gasteiger partial charge in [0, 0.05) is 10.0 Å². The number of amides is 1. The van der Waals surface area contributed by atoms with Crippen LogP contribution in [0.2, 0.25) is 0 Å². The minimum atomic E-state index is -0.982. The Morgan fingerprint density at radius 3 is 2.67 bits per heavy atom. The Bertz CT molecular complexity index is 1120. The second kappa shape index (κ2) is 9.73. The molecule has 0 aliphatic rings. The fourth-order valence-electron chi connectivity index (χ4n) is 2.58. The maximum Gasteiger partial charge on any atom is 0.335 e. The van der Waals surface area contributed by atoms with Crippen LogP contribution in [0.25, 0.3) is 11.3 Å². The summed E-state index contributed by atoms with van der Waals surface area (Å²) in [6.45, 7) is 1.61. The highest BCUT2D eigenvalue weighted by Crippen LogP contribution is 2.28. The quantitative estimate of drug-likeness (QED) is 0.327. The van der Waals surface area contributed by atoms with Crippen molar-refractivity contribution in [1.29, 1.82) is 0 Å². The van der Waals surface area contributed by atoms with E-state index in [0.29, 0.717) is 17.3 Å². The van der Waals surface area contributed by atoms with Gasteiger partial charge in [-0.25, -0.2) is 10.2 Å². The zero-order chi connectivity index (χ0) is 21.7. The van der Waals surface area contributed by atoms with Crippen molar-refractivity contribution in [1.82, 2.24) is 5.43 Å². The van der Waals surface area contributed by atoms with E-state index in [1.54, 1.807) is 30.3 Å². The fourth-order valence-corrected chi connectivity index (χ4v) is 3.74. The number of furan rings is 1. The summed E-state index contributed by atoms with van der Waals surface area (Å²) >= 11 is 6.71. The molecule has 0 fully saturated rings. The molecule has 30 heavy (non-hydrogen) atoms. The number of hydrogen-bond acceptors (Lipinski definition) is 5. The third kappa shape index (κ3) is 5.58. The number of nitrogens with one attached hydrogen (secondary N) is 1. The number of carboxylic acids is 1. The number of halogens is 2. The monoisotopic (exact) mass is 534 g/mol. The van der Waals surface area contributed by atoms with Crippen molar-refractivity contribution in [2.75, 3.05) is 6.61 Å². The molecule has 2 aromatic carbocycles. The molecule has 3 rings (SSSR count). The lowest BCUT2D eigenvalue weighted by molar-refractivity contribution is -0.123. The molecule has 0 unspecified atom stereocenters. The van der Waals surface area contributed by atoms with E-state index in [-0.39, 0.29) is 12.2 Å². The van der Waals surface area contributed by atoms with Gasteiger partial charge in [0.15, 0.2) is 6.61 Å². The summed E-state index contributed by atoms with van der Waals surface area (Å²) in [5.74, 6) is 0.138. The number of hydrazone groups is 1. The van der Waals surface area contributed by atoms with Gasteiger partial charge in [-0.05, 0) is 70.9 Å². The molecule has 0 aliphatic carbocycles. The minimum Gasteiger partial charge on any atom is -0.483 e. The van der Waals surface area contributed by atoms with Gasteiger partial charge in [0.05, 0.1) is 16.3 Å². The fraction of sp³-hybridized carbons (Fsp3) is 0.0952. The topological polar surface area (TPSA) is 101 Å². The van der Waals surface area contributed by atoms with Crippen molar-refractivity contribution < 1.29 is 23.8 Å². The molecule has 3 aromatic rings. The number of benzene rings is 2. The number of carbonyl (C=O) groups excluding carboxylic acids is 1. The molecular weight excluding hydrogens is 520 g/mol. The van der Waals surface area contributed by atoms with E-state index < -0.39 is 11.9 Å². The molecule has 0 saturated heterocycles. The van der Waals surface area contributed by atoms with Crippen LogP contribution in [-0.2, 0) is 4.79 Å². The van der Waals surface area contributed by atoms with Gasteiger partial charge in [0.2, 0.25) is 0 Å². The van der Waals surface area contributed by atoms with Crippen LogP contribution in [0.5, 0.6) is 5.75 Å². The first-order valence-electron chi connectivity index (χ1n) is 8.67. The van der Waals surface area contributed by atoms with Gasteiger partial charge in [-0.2, -0.15) is 5.10 Å². The molecule has 2 N–H and O–H groups in total. The van der Waals surface area contributed by atoms with Crippen LogP contribution in [0, 0.1) is 6.92 Å². The lowest BCUT2D eigenvalue weighted by atomic mass is 10.0. The molecule has 154 valence electrons. The maximum absolute atomic E-state index is 11.9. The van der Waals surface area contributed by atoms with E-state index in [1.807, 2.05) is 19.1 Å². The van der Waals surface area contributed by atoms with Gasteiger partial charge >= 0.3 is 5.97 Å². The summed E-state index contributed by atoms with van der Waals surface area (Å²) in [7, 11) is 0. The van der Waals surface area contributed by atoms with Gasteiger partial charge in [0.1, 0.15) is 17.3 Å². The number of nitrogens with zero attached hydrogens (tertiary/aromatic N) is 1. The number of hydrogen-bond donors (Lipinski definition) is 2. The number of carbonyl (C=O) groups is 2. The average Bonchev–Trinajstić information content (AvgIpc) is 3.15. The second-order valence-corrected chi connectivity index (χ2v) is 7.96. The van der Waals surface area contributed by atoms with E-state index in [1.165, 1.54) is 12.3 Å². The van der Waals surface area contributed by atoms with Gasteiger partial charge in [-0.15, -0.1) is 0 Å². The maximum atomic E-state index is 11.9. The van der Waals surface area contributed by atoms with Crippen LogP contribution >= 0.6 is 31.9 Å². The third-order valence-electron chi connectivity index (χ3n) is 4.00. The highest BCUT2D eigenvalue weighted by atomic mass is 79.9. The molecule has 0 atom stereocenters. The largest absolute Gasteiger partial charge is 0.483 e. The van der Waals surface area contributed by atoms with Gasteiger partial charge in [-0.3, -0.25) is 4.79 Å². The van der Waals surface area contributed by atoms with Crippen molar-refractivity contribution in [3.63, 3.8) is 0 Å². The molecule has 0 spiro atoms. The van der Waals surface area contributed by atoms with E-state index >= 15 is 0 Å². The van der Waals surface area contributed by atoms with Crippen molar-refractivity contribution in [2.45, 2.75) is 6.92 Å². The summed E-state index contributed by atoms with van der Waals surface area (Å²) in [6.07, 6.45) is 1.37. The Hall–Kier alpha value is -2.91. The predicted molar refractivity (Wildman–Crippen MR) is 119 cm³/mol. The molecule has 9 heteroatoms. The van der Waals surface area contributed by atoms with Crippen LogP contribution in [0.3, 0.4) is 0 Å². The first kappa shape index (κ1) is 21.8. The molecule has 1 amide bonds. The Labute approximate surface area is 189 Å². The lowest BCUT2D eigenvalue weighted by Gasteiger charge is -2.07. The van der Waals surface area contributed by atoms with Gasteiger partial charge in [0.25, 0.3) is 5.91 Å². The first-order valence-corrected chi connectivity index (χ1v) is 10.3. The summed E-state index contributed by atoms with van der Waals surface area (Å²) in [5.41, 5.74) is 4.13. The number of aromatic carboxylic acids is 1. The molecule has 7 nitrogen and oxygen atoms in total. The number of ether oxygens (including phenoxy) is 1. The summed E-state index contributed by atoms with van der Waals surface area (Å²) in [6, 6.07) is 13.6. The molecule has 0 aliphatic heterocycles. The minimum absolute atomic E-state index is 0.198. The average molecular weight is 536 g/mol. The van der Waals surface area contributed by atoms with E-state index in [2.05, 4.69) is 42.4 Å². The molecule has 0 radical (unpaired) electrons. The van der Waals surface area contributed by atoms with Crippen molar-refractivity contribution in [2.24, 2.45) is 5.10 Å². The Morgan fingerprint density at radius 1 is 1.17 bits per heavy atom. The van der Waals surface area contributed by atoms with E-state index in [9.17, 15) is 9.59 Å². The third-order valence-corrected chi connectivity index (χ3v) is 5.11. The Balaban J connectivity index is 1.56. The van der Waals surface area contributed by atoms with Crippen LogP contribution in [0.15, 0.2) is 67.0 Å². The standard InChI is InChI=1S/C21H16Br2N2O5/c1-12-8-13(21(27)28)2-5-16(12)18-7-4-15(30-18)10-24-25-20(26)11-29-19-6-3-14(22)9-17(19)23/h2-10H,11H2,1H3,(H,25,26)(H,27,28)/b24-10+.